The van der Waals surface area contributed by atoms with E-state index in [9.17, 15) is 9.59 Å². The second-order valence-electron chi connectivity index (χ2n) is 13.8. The van der Waals surface area contributed by atoms with Crippen molar-refractivity contribution in [1.82, 2.24) is 4.90 Å². The third kappa shape index (κ3) is 7.03. The molecule has 0 saturated carbocycles. The van der Waals surface area contributed by atoms with Gasteiger partial charge in [-0.05, 0) is 145 Å². The highest BCUT2D eigenvalue weighted by Crippen LogP contribution is 2.46. The molecule has 0 bridgehead atoms. The van der Waals surface area contributed by atoms with Gasteiger partial charge < -0.3 is 23.8 Å². The molecule has 0 aliphatic carbocycles. The monoisotopic (exact) mass is 645 g/mol. The van der Waals surface area contributed by atoms with E-state index in [1.807, 2.05) is 78.5 Å². The summed E-state index contributed by atoms with van der Waals surface area (Å²) in [5.74, 6) is -0.0340. The van der Waals surface area contributed by atoms with E-state index in [4.69, 9.17) is 18.9 Å². The molecule has 0 unspecified atom stereocenters. The largest absolute Gasteiger partial charge is 0.491 e. The first-order valence-corrected chi connectivity index (χ1v) is 16.7. The third-order valence-electron chi connectivity index (χ3n) is 8.98. The summed E-state index contributed by atoms with van der Waals surface area (Å²) in [6.45, 7) is 19.0. The highest BCUT2D eigenvalue weighted by atomic mass is 19.1. The molecule has 2 heterocycles. The lowest BCUT2D eigenvalue weighted by Gasteiger charge is -2.36. The lowest BCUT2D eigenvalue weighted by atomic mass is 9.78. The predicted octanol–water partition coefficient (Wildman–Crippen LogP) is 8.15. The van der Waals surface area contributed by atoms with Gasteiger partial charge in [-0.25, -0.2) is 9.18 Å². The molecular formula is C39H48FNO6. The maximum atomic E-state index is 15.8. The molecule has 0 spiro atoms. The van der Waals surface area contributed by atoms with E-state index in [1.54, 1.807) is 13.0 Å². The molecular weight excluding hydrogens is 597 g/mol. The zero-order chi connectivity index (χ0) is 34.2. The van der Waals surface area contributed by atoms with Crippen molar-refractivity contribution in [3.05, 3.63) is 80.7 Å². The van der Waals surface area contributed by atoms with Crippen LogP contribution < -0.4 is 9.47 Å². The van der Waals surface area contributed by atoms with Crippen molar-refractivity contribution >= 4 is 11.9 Å². The second-order valence-corrected chi connectivity index (χ2v) is 13.8. The van der Waals surface area contributed by atoms with E-state index in [2.05, 4.69) is 0 Å². The Kier molecular flexibility index (Phi) is 10.0. The van der Waals surface area contributed by atoms with Crippen LogP contribution in [0.1, 0.15) is 103 Å². The van der Waals surface area contributed by atoms with Crippen LogP contribution >= 0.6 is 0 Å². The molecule has 47 heavy (non-hydrogen) atoms. The average molecular weight is 646 g/mol. The summed E-state index contributed by atoms with van der Waals surface area (Å²) in [5, 5.41) is 0. The molecule has 252 valence electrons. The van der Waals surface area contributed by atoms with Gasteiger partial charge in [0.1, 0.15) is 5.75 Å². The summed E-state index contributed by atoms with van der Waals surface area (Å²) in [6.07, 6.45) is 1.05. The zero-order valence-electron chi connectivity index (χ0n) is 29.3. The molecule has 3 aromatic rings. The van der Waals surface area contributed by atoms with Crippen LogP contribution in [0.4, 0.5) is 4.39 Å². The molecule has 0 N–H and O–H groups in total. The quantitative estimate of drug-likeness (QED) is 0.230. The molecule has 5 rings (SSSR count). The van der Waals surface area contributed by atoms with Gasteiger partial charge in [0.2, 0.25) is 0 Å². The molecule has 0 saturated heterocycles. The minimum Gasteiger partial charge on any atom is -0.491 e. The Morgan fingerprint density at radius 3 is 2.43 bits per heavy atom. The minimum atomic E-state index is -1.04. The predicted molar refractivity (Wildman–Crippen MR) is 181 cm³/mol. The van der Waals surface area contributed by atoms with Crippen LogP contribution in [-0.4, -0.2) is 48.2 Å². The van der Waals surface area contributed by atoms with Crippen molar-refractivity contribution in [3.63, 3.8) is 0 Å². The van der Waals surface area contributed by atoms with Crippen molar-refractivity contribution in [1.29, 1.82) is 0 Å². The first kappa shape index (κ1) is 34.4. The van der Waals surface area contributed by atoms with Crippen molar-refractivity contribution < 1.29 is 32.9 Å². The van der Waals surface area contributed by atoms with Gasteiger partial charge in [-0.3, -0.25) is 4.79 Å². The fourth-order valence-corrected chi connectivity index (χ4v) is 6.94. The molecule has 2 aliphatic heterocycles. The fraction of sp³-hybridized carbons (Fsp3) is 0.487. The number of ether oxygens (including phenoxy) is 4. The van der Waals surface area contributed by atoms with Gasteiger partial charge in [-0.2, -0.15) is 0 Å². The van der Waals surface area contributed by atoms with Crippen molar-refractivity contribution in [2.24, 2.45) is 0 Å². The Balaban J connectivity index is 1.70. The highest BCUT2D eigenvalue weighted by Gasteiger charge is 2.37. The summed E-state index contributed by atoms with van der Waals surface area (Å²) >= 11 is 0. The number of hydrogen-bond acceptors (Lipinski definition) is 6. The SMILES string of the molecule is CCOC(=O)[C@@H](OC(C)(C)C)c1c(C)c2c(c(C)c1-c1cc(F)c3c(c1C)CCCO3)CN(C(=O)c1cccc(OC(C)C)c1)CC2. The maximum Gasteiger partial charge on any atom is 0.339 e. The van der Waals surface area contributed by atoms with E-state index in [0.29, 0.717) is 60.7 Å². The molecule has 1 amide bonds. The number of rotatable bonds is 8. The molecule has 1 atom stereocenters. The normalized spacial score (nSPS) is 15.1. The summed E-state index contributed by atoms with van der Waals surface area (Å²) in [6, 6.07) is 8.83. The van der Waals surface area contributed by atoms with Gasteiger partial charge in [0.15, 0.2) is 17.7 Å². The lowest BCUT2D eigenvalue weighted by molar-refractivity contribution is -0.166. The molecule has 2 aliphatic rings. The highest BCUT2D eigenvalue weighted by molar-refractivity contribution is 5.95. The zero-order valence-corrected chi connectivity index (χ0v) is 29.3. The summed E-state index contributed by atoms with van der Waals surface area (Å²) in [4.78, 5) is 29.4. The van der Waals surface area contributed by atoms with E-state index in [-0.39, 0.29) is 18.6 Å². The van der Waals surface area contributed by atoms with Crippen LogP contribution in [0.25, 0.3) is 11.1 Å². The van der Waals surface area contributed by atoms with Gasteiger partial charge in [0.25, 0.3) is 5.91 Å². The molecule has 8 heteroatoms. The topological polar surface area (TPSA) is 74.3 Å². The van der Waals surface area contributed by atoms with Crippen molar-refractivity contribution in [2.75, 3.05) is 19.8 Å². The van der Waals surface area contributed by atoms with Crippen molar-refractivity contribution in [2.45, 2.75) is 106 Å². The van der Waals surface area contributed by atoms with Gasteiger partial charge in [-0.15, -0.1) is 0 Å². The number of hydrogen-bond donors (Lipinski definition) is 0. The number of fused-ring (bicyclic) bond motifs is 2. The Morgan fingerprint density at radius 2 is 1.74 bits per heavy atom. The summed E-state index contributed by atoms with van der Waals surface area (Å²) < 4.78 is 39.5. The number of halogens is 1. The molecule has 0 radical (unpaired) electrons. The summed E-state index contributed by atoms with van der Waals surface area (Å²) in [7, 11) is 0. The first-order valence-electron chi connectivity index (χ1n) is 16.7. The Hall–Kier alpha value is -3.91. The second kappa shape index (κ2) is 13.7. The number of carbonyl (C=O) groups excluding carboxylic acids is 2. The lowest BCUT2D eigenvalue weighted by Crippen LogP contribution is -2.37. The van der Waals surface area contributed by atoms with Gasteiger partial charge in [0, 0.05) is 29.8 Å². The van der Waals surface area contributed by atoms with Crippen LogP contribution in [0.15, 0.2) is 30.3 Å². The number of esters is 1. The molecule has 7 nitrogen and oxygen atoms in total. The molecule has 0 fully saturated rings. The first-order chi connectivity index (χ1) is 22.2. The molecule has 0 aromatic heterocycles. The Bertz CT molecular complexity index is 1690. The van der Waals surface area contributed by atoms with Gasteiger partial charge >= 0.3 is 5.97 Å². The van der Waals surface area contributed by atoms with Crippen LogP contribution in [-0.2, 0) is 33.7 Å². The van der Waals surface area contributed by atoms with Crippen LogP contribution in [0, 0.1) is 26.6 Å². The number of nitrogens with zero attached hydrogens (tertiary/aromatic N) is 1. The Labute approximate surface area is 278 Å². The van der Waals surface area contributed by atoms with Crippen molar-refractivity contribution in [3.8, 4) is 22.6 Å². The van der Waals surface area contributed by atoms with E-state index >= 15 is 4.39 Å². The Morgan fingerprint density at radius 1 is 1.00 bits per heavy atom. The van der Waals surface area contributed by atoms with E-state index in [1.165, 1.54) is 6.07 Å². The van der Waals surface area contributed by atoms with E-state index in [0.717, 1.165) is 45.4 Å². The van der Waals surface area contributed by atoms with Crippen LogP contribution in [0.2, 0.25) is 0 Å². The summed E-state index contributed by atoms with van der Waals surface area (Å²) in [5.41, 5.74) is 7.64. The number of carbonyl (C=O) groups is 2. The maximum absolute atomic E-state index is 15.8. The number of amides is 1. The minimum absolute atomic E-state index is 0.00963. The standard InChI is InChI=1S/C39H48FNO6/c1-10-44-38(43)36(47-39(7,8)9)34-24(5)28-16-17-41(37(42)26-13-11-14-27(19-26)46-22(2)3)21-31(28)25(6)33(34)30-20-32(40)35-29(23(30)4)15-12-18-45-35/h11,13-14,19-20,22,36H,10,12,15-18,21H2,1-9H3/t36-/m0/s1. The van der Waals surface area contributed by atoms with Gasteiger partial charge in [-0.1, -0.05) is 6.07 Å². The average Bonchev–Trinajstić information content (AvgIpc) is 3.02. The molecule has 3 aromatic carbocycles. The smallest absolute Gasteiger partial charge is 0.339 e. The fourth-order valence-electron chi connectivity index (χ4n) is 6.94. The third-order valence-corrected chi connectivity index (χ3v) is 8.98. The van der Waals surface area contributed by atoms with Crippen LogP contribution in [0.5, 0.6) is 11.5 Å². The van der Waals surface area contributed by atoms with Crippen LogP contribution in [0.3, 0.4) is 0 Å². The van der Waals surface area contributed by atoms with Gasteiger partial charge in [0.05, 0.1) is 24.9 Å². The van der Waals surface area contributed by atoms with E-state index < -0.39 is 23.5 Å². The number of benzene rings is 3.